The van der Waals surface area contributed by atoms with Gasteiger partial charge in [0.1, 0.15) is 5.75 Å². The summed E-state index contributed by atoms with van der Waals surface area (Å²) >= 11 is 0. The fourth-order valence-electron chi connectivity index (χ4n) is 2.36. The highest BCUT2D eigenvalue weighted by molar-refractivity contribution is 5.53. The van der Waals surface area contributed by atoms with Gasteiger partial charge in [-0.3, -0.25) is 0 Å². The lowest BCUT2D eigenvalue weighted by Gasteiger charge is -2.14. The Morgan fingerprint density at radius 3 is 2.55 bits per heavy atom. The van der Waals surface area contributed by atoms with E-state index in [9.17, 15) is 0 Å². The topological polar surface area (TPSA) is 35.2 Å². The van der Waals surface area contributed by atoms with E-state index in [4.69, 9.17) is 10.5 Å². The van der Waals surface area contributed by atoms with E-state index in [2.05, 4.69) is 31.8 Å². The molecule has 2 N–H and O–H groups in total. The van der Waals surface area contributed by atoms with Crippen LogP contribution in [0.3, 0.4) is 0 Å². The van der Waals surface area contributed by atoms with Crippen molar-refractivity contribution in [3.8, 4) is 17.6 Å². The molecule has 3 rings (SSSR count). The maximum absolute atomic E-state index is 5.75. The van der Waals surface area contributed by atoms with Crippen LogP contribution in [-0.2, 0) is 5.41 Å². The minimum atomic E-state index is 0.0597. The molecule has 2 aromatic carbocycles. The van der Waals surface area contributed by atoms with Crippen molar-refractivity contribution in [1.29, 1.82) is 0 Å². The van der Waals surface area contributed by atoms with E-state index >= 15 is 0 Å². The van der Waals surface area contributed by atoms with Crippen LogP contribution in [0.25, 0.3) is 0 Å². The summed E-state index contributed by atoms with van der Waals surface area (Å²) in [7, 11) is 0. The van der Waals surface area contributed by atoms with Crippen LogP contribution < -0.4 is 10.5 Å². The number of benzene rings is 2. The number of fused-ring (bicyclic) bond motifs is 1. The van der Waals surface area contributed by atoms with Crippen LogP contribution in [0.5, 0.6) is 5.75 Å². The maximum Gasteiger partial charge on any atom is 0.123 e. The molecule has 1 heterocycles. The Labute approximate surface area is 119 Å². The highest BCUT2D eigenvalue weighted by atomic mass is 16.5. The van der Waals surface area contributed by atoms with Gasteiger partial charge in [-0.2, -0.15) is 0 Å². The Morgan fingerprint density at radius 1 is 1.05 bits per heavy atom. The number of nitrogens with two attached hydrogens (primary N) is 1. The molecular formula is C18H17NO. The second-order valence-electron chi connectivity index (χ2n) is 5.76. The lowest BCUT2D eigenvalue weighted by molar-refractivity contribution is 0.291. The van der Waals surface area contributed by atoms with Gasteiger partial charge < -0.3 is 10.5 Å². The largest absolute Gasteiger partial charge is 0.492 e. The van der Waals surface area contributed by atoms with Crippen molar-refractivity contribution in [1.82, 2.24) is 0 Å². The first-order chi connectivity index (χ1) is 9.54. The molecule has 1 aliphatic heterocycles. The average molecular weight is 263 g/mol. The Hall–Kier alpha value is -2.40. The van der Waals surface area contributed by atoms with Gasteiger partial charge in [0.05, 0.1) is 6.61 Å². The van der Waals surface area contributed by atoms with E-state index in [0.29, 0.717) is 0 Å². The molecule has 0 fully saturated rings. The fourth-order valence-corrected chi connectivity index (χ4v) is 2.36. The molecule has 0 saturated carbocycles. The van der Waals surface area contributed by atoms with E-state index in [1.165, 1.54) is 5.56 Å². The highest BCUT2D eigenvalue weighted by Crippen LogP contribution is 2.38. The van der Waals surface area contributed by atoms with E-state index < -0.39 is 0 Å². The quantitative estimate of drug-likeness (QED) is 0.584. The molecule has 0 bridgehead atoms. The van der Waals surface area contributed by atoms with Crippen molar-refractivity contribution in [2.45, 2.75) is 19.3 Å². The Balaban J connectivity index is 1.94. The molecule has 1 aliphatic rings. The zero-order valence-corrected chi connectivity index (χ0v) is 11.7. The minimum absolute atomic E-state index is 0.0597. The lowest BCUT2D eigenvalue weighted by atomic mass is 9.86. The Bertz CT molecular complexity index is 720. The molecule has 0 aliphatic carbocycles. The zero-order chi connectivity index (χ0) is 14.2. The summed E-state index contributed by atoms with van der Waals surface area (Å²) in [6, 6.07) is 13.8. The molecule has 100 valence electrons. The Morgan fingerprint density at radius 2 is 1.80 bits per heavy atom. The van der Waals surface area contributed by atoms with Gasteiger partial charge in [-0.15, -0.1) is 0 Å². The van der Waals surface area contributed by atoms with Gasteiger partial charge in [0.25, 0.3) is 0 Å². The van der Waals surface area contributed by atoms with Gasteiger partial charge >= 0.3 is 0 Å². The minimum Gasteiger partial charge on any atom is -0.492 e. The molecule has 0 radical (unpaired) electrons. The number of ether oxygens (including phenoxy) is 1. The second-order valence-corrected chi connectivity index (χ2v) is 5.76. The third-order valence-corrected chi connectivity index (χ3v) is 3.54. The van der Waals surface area contributed by atoms with Crippen molar-refractivity contribution < 1.29 is 4.74 Å². The van der Waals surface area contributed by atoms with Crippen LogP contribution in [0, 0.1) is 11.8 Å². The number of rotatable bonds is 0. The van der Waals surface area contributed by atoms with Gasteiger partial charge in [0.15, 0.2) is 0 Å². The number of hydrogen-bond donors (Lipinski definition) is 1. The van der Waals surface area contributed by atoms with Gasteiger partial charge in [-0.25, -0.2) is 0 Å². The number of anilines is 1. The molecule has 0 saturated heterocycles. The predicted molar refractivity (Wildman–Crippen MR) is 81.8 cm³/mol. The summed E-state index contributed by atoms with van der Waals surface area (Å²) in [6.07, 6.45) is 0. The molecule has 20 heavy (non-hydrogen) atoms. The van der Waals surface area contributed by atoms with Crippen LogP contribution >= 0.6 is 0 Å². The number of hydrogen-bond acceptors (Lipinski definition) is 2. The first-order valence-electron chi connectivity index (χ1n) is 6.69. The summed E-state index contributed by atoms with van der Waals surface area (Å²) < 4.78 is 5.68. The van der Waals surface area contributed by atoms with Crippen molar-refractivity contribution in [2.24, 2.45) is 0 Å². The summed E-state index contributed by atoms with van der Waals surface area (Å²) in [5, 5.41) is 0. The third kappa shape index (κ3) is 2.35. The van der Waals surface area contributed by atoms with Crippen molar-refractivity contribution in [2.75, 3.05) is 12.3 Å². The summed E-state index contributed by atoms with van der Waals surface area (Å²) in [5.74, 6) is 7.32. The standard InChI is InChI=1S/C18H17NO/c1-18(2)12-20-17-9-8-14(11-16(17)18)7-6-13-4-3-5-15(19)10-13/h3-5,8-11H,12,19H2,1-2H3. The van der Waals surface area contributed by atoms with E-state index in [1.807, 2.05) is 36.4 Å². The van der Waals surface area contributed by atoms with E-state index in [-0.39, 0.29) is 5.41 Å². The van der Waals surface area contributed by atoms with E-state index in [1.54, 1.807) is 0 Å². The summed E-state index contributed by atoms with van der Waals surface area (Å²) in [6.45, 7) is 5.11. The summed E-state index contributed by atoms with van der Waals surface area (Å²) in [5.41, 5.74) is 9.72. The highest BCUT2D eigenvalue weighted by Gasteiger charge is 2.31. The molecule has 2 heteroatoms. The first kappa shape index (κ1) is 12.6. The first-order valence-corrected chi connectivity index (χ1v) is 6.69. The van der Waals surface area contributed by atoms with Gasteiger partial charge in [-0.05, 0) is 36.4 Å². The van der Waals surface area contributed by atoms with Crippen LogP contribution in [0.4, 0.5) is 5.69 Å². The van der Waals surface area contributed by atoms with E-state index in [0.717, 1.165) is 29.2 Å². The molecule has 0 unspecified atom stereocenters. The molecular weight excluding hydrogens is 246 g/mol. The molecule has 0 atom stereocenters. The van der Waals surface area contributed by atoms with Crippen molar-refractivity contribution in [3.05, 3.63) is 59.2 Å². The van der Waals surface area contributed by atoms with Crippen LogP contribution in [0.2, 0.25) is 0 Å². The number of nitrogen functional groups attached to an aromatic ring is 1. The fraction of sp³-hybridized carbons (Fsp3) is 0.222. The van der Waals surface area contributed by atoms with Crippen LogP contribution in [0.1, 0.15) is 30.5 Å². The van der Waals surface area contributed by atoms with Crippen molar-refractivity contribution >= 4 is 5.69 Å². The van der Waals surface area contributed by atoms with Gasteiger partial charge in [0.2, 0.25) is 0 Å². The maximum atomic E-state index is 5.75. The van der Waals surface area contributed by atoms with Gasteiger partial charge in [-0.1, -0.05) is 31.8 Å². The normalized spacial score (nSPS) is 14.9. The second kappa shape index (κ2) is 4.61. The van der Waals surface area contributed by atoms with Crippen LogP contribution in [-0.4, -0.2) is 6.61 Å². The van der Waals surface area contributed by atoms with Crippen LogP contribution in [0.15, 0.2) is 42.5 Å². The van der Waals surface area contributed by atoms with Crippen molar-refractivity contribution in [3.63, 3.8) is 0 Å². The lowest BCUT2D eigenvalue weighted by Crippen LogP contribution is -2.18. The molecule has 0 amide bonds. The molecule has 0 spiro atoms. The molecule has 2 nitrogen and oxygen atoms in total. The Kier molecular flexibility index (Phi) is 2.91. The predicted octanol–water partition coefficient (Wildman–Crippen LogP) is 3.34. The zero-order valence-electron chi connectivity index (χ0n) is 11.7. The smallest absolute Gasteiger partial charge is 0.123 e. The monoisotopic (exact) mass is 263 g/mol. The summed E-state index contributed by atoms with van der Waals surface area (Å²) in [4.78, 5) is 0. The third-order valence-electron chi connectivity index (χ3n) is 3.54. The average Bonchev–Trinajstić information content (AvgIpc) is 2.72. The van der Waals surface area contributed by atoms with Gasteiger partial charge in [0, 0.05) is 27.8 Å². The SMILES string of the molecule is CC1(C)COc2ccc(C#Cc3cccc(N)c3)cc21. The molecule has 0 aromatic heterocycles. The molecule has 2 aromatic rings.